The Hall–Kier alpha value is -1.53. The Balaban J connectivity index is 1.98. The van der Waals surface area contributed by atoms with Gasteiger partial charge >= 0.3 is 6.18 Å². The number of carbonyl (C=O) groups is 1. The van der Waals surface area contributed by atoms with E-state index >= 15 is 0 Å². The van der Waals surface area contributed by atoms with Crippen LogP contribution in [0.4, 0.5) is 13.2 Å². The van der Waals surface area contributed by atoms with E-state index in [4.69, 9.17) is 0 Å². The average Bonchev–Trinajstić information content (AvgIpc) is 2.85. The van der Waals surface area contributed by atoms with Gasteiger partial charge in [0.2, 0.25) is 5.91 Å². The molecule has 1 aliphatic rings. The highest BCUT2D eigenvalue weighted by molar-refractivity contribution is 5.78. The SMILES string of the molecule is Cc1cc(C(F)(F)F)nn1C[C@@H](C)C(=O)N[C@H]1CCC[C@H](C)[C@@H]1C. The molecule has 4 atom stereocenters. The molecule has 1 aliphatic carbocycles. The maximum Gasteiger partial charge on any atom is 0.435 e. The van der Waals surface area contributed by atoms with Gasteiger partial charge in [0, 0.05) is 11.7 Å². The average molecular weight is 345 g/mol. The number of carbonyl (C=O) groups excluding carboxylic acids is 1. The van der Waals surface area contributed by atoms with Crippen LogP contribution in [0, 0.1) is 24.7 Å². The Bertz CT molecular complexity index is 582. The predicted molar refractivity (Wildman–Crippen MR) is 85.2 cm³/mol. The fourth-order valence-corrected chi connectivity index (χ4v) is 3.29. The number of nitrogens with zero attached hydrogens (tertiary/aromatic N) is 2. The lowest BCUT2D eigenvalue weighted by Crippen LogP contribution is -2.46. The van der Waals surface area contributed by atoms with E-state index in [9.17, 15) is 18.0 Å². The first-order valence-electron chi connectivity index (χ1n) is 8.51. The Morgan fingerprint density at radius 3 is 2.67 bits per heavy atom. The van der Waals surface area contributed by atoms with Crippen LogP contribution in [0.25, 0.3) is 0 Å². The van der Waals surface area contributed by atoms with Gasteiger partial charge in [0.05, 0.1) is 12.5 Å². The van der Waals surface area contributed by atoms with Crippen LogP contribution < -0.4 is 5.32 Å². The first-order chi connectivity index (χ1) is 11.1. The second-order valence-corrected chi connectivity index (χ2v) is 7.13. The number of aryl methyl sites for hydroxylation is 1. The molecule has 0 radical (unpaired) electrons. The molecule has 1 fully saturated rings. The van der Waals surface area contributed by atoms with Crippen molar-refractivity contribution in [3.8, 4) is 0 Å². The molecule has 0 saturated heterocycles. The number of hydrogen-bond donors (Lipinski definition) is 1. The van der Waals surface area contributed by atoms with Gasteiger partial charge in [-0.2, -0.15) is 18.3 Å². The van der Waals surface area contributed by atoms with Gasteiger partial charge in [-0.25, -0.2) is 0 Å². The minimum absolute atomic E-state index is 0.121. The molecule has 2 rings (SSSR count). The Labute approximate surface area is 140 Å². The second kappa shape index (κ2) is 7.15. The van der Waals surface area contributed by atoms with Crippen molar-refractivity contribution < 1.29 is 18.0 Å². The van der Waals surface area contributed by atoms with Gasteiger partial charge in [-0.15, -0.1) is 0 Å². The molecule has 1 N–H and O–H groups in total. The van der Waals surface area contributed by atoms with E-state index < -0.39 is 17.8 Å². The fraction of sp³-hybridized carbons (Fsp3) is 0.765. The van der Waals surface area contributed by atoms with E-state index in [0.717, 1.165) is 18.9 Å². The molecule has 136 valence electrons. The van der Waals surface area contributed by atoms with E-state index in [-0.39, 0.29) is 18.5 Å². The number of aromatic nitrogens is 2. The van der Waals surface area contributed by atoms with Gasteiger partial charge in [-0.05, 0) is 31.2 Å². The summed E-state index contributed by atoms with van der Waals surface area (Å²) in [5.74, 6) is 0.429. The van der Waals surface area contributed by atoms with E-state index in [0.29, 0.717) is 17.5 Å². The van der Waals surface area contributed by atoms with Crippen LogP contribution in [0.1, 0.15) is 51.4 Å². The zero-order valence-electron chi connectivity index (χ0n) is 14.7. The van der Waals surface area contributed by atoms with E-state index in [1.807, 2.05) is 0 Å². The Kier molecular flexibility index (Phi) is 5.60. The van der Waals surface area contributed by atoms with Crippen LogP contribution >= 0.6 is 0 Å². The summed E-state index contributed by atoms with van der Waals surface area (Å²) in [6, 6.07) is 1.16. The lowest BCUT2D eigenvalue weighted by Gasteiger charge is -2.35. The van der Waals surface area contributed by atoms with Crippen molar-refractivity contribution in [2.75, 3.05) is 0 Å². The van der Waals surface area contributed by atoms with Gasteiger partial charge in [0.15, 0.2) is 5.69 Å². The highest BCUT2D eigenvalue weighted by Crippen LogP contribution is 2.30. The summed E-state index contributed by atoms with van der Waals surface area (Å²) in [5, 5.41) is 6.66. The van der Waals surface area contributed by atoms with Crippen LogP contribution in [0.3, 0.4) is 0 Å². The topological polar surface area (TPSA) is 46.9 Å². The number of alkyl halides is 3. The number of nitrogens with one attached hydrogen (secondary N) is 1. The minimum Gasteiger partial charge on any atom is -0.353 e. The van der Waals surface area contributed by atoms with Crippen molar-refractivity contribution in [1.82, 2.24) is 15.1 Å². The van der Waals surface area contributed by atoms with E-state index in [2.05, 4.69) is 24.3 Å². The molecular formula is C17H26F3N3O. The van der Waals surface area contributed by atoms with Crippen molar-refractivity contribution in [2.45, 2.75) is 65.7 Å². The molecule has 0 bridgehead atoms. The third-order valence-corrected chi connectivity index (χ3v) is 5.20. The van der Waals surface area contributed by atoms with Gasteiger partial charge in [0.1, 0.15) is 0 Å². The molecule has 0 spiro atoms. The van der Waals surface area contributed by atoms with Crippen molar-refractivity contribution in [1.29, 1.82) is 0 Å². The van der Waals surface area contributed by atoms with Crippen LogP contribution in [0.15, 0.2) is 6.07 Å². The van der Waals surface area contributed by atoms with Crippen LogP contribution in [-0.4, -0.2) is 21.7 Å². The van der Waals surface area contributed by atoms with Crippen LogP contribution in [-0.2, 0) is 17.5 Å². The standard InChI is InChI=1S/C17H26F3N3O/c1-10-6-5-7-14(13(10)4)21-16(24)11(2)9-23-12(3)8-15(22-23)17(18,19)20/h8,10-11,13-14H,5-7,9H2,1-4H3,(H,21,24)/t10-,11+,13-,14-/m0/s1. The summed E-state index contributed by atoms with van der Waals surface area (Å²) < 4.78 is 39.4. The normalized spacial score (nSPS) is 26.2. The van der Waals surface area contributed by atoms with Crippen molar-refractivity contribution in [2.24, 2.45) is 17.8 Å². The summed E-state index contributed by atoms with van der Waals surface area (Å²) in [4.78, 5) is 12.4. The zero-order valence-corrected chi connectivity index (χ0v) is 14.7. The predicted octanol–water partition coefficient (Wildman–Crippen LogP) is 3.79. The highest BCUT2D eigenvalue weighted by Gasteiger charge is 2.35. The molecular weight excluding hydrogens is 319 g/mol. The van der Waals surface area contributed by atoms with Gasteiger partial charge < -0.3 is 5.32 Å². The maximum absolute atomic E-state index is 12.7. The summed E-state index contributed by atoms with van der Waals surface area (Å²) in [5.41, 5.74) is -0.510. The molecule has 4 nitrogen and oxygen atoms in total. The Morgan fingerprint density at radius 1 is 1.42 bits per heavy atom. The molecule has 0 unspecified atom stereocenters. The van der Waals surface area contributed by atoms with Crippen molar-refractivity contribution in [3.05, 3.63) is 17.5 Å². The fourth-order valence-electron chi connectivity index (χ4n) is 3.29. The Morgan fingerprint density at radius 2 is 2.08 bits per heavy atom. The summed E-state index contributed by atoms with van der Waals surface area (Å²) >= 11 is 0. The zero-order chi connectivity index (χ0) is 18.1. The van der Waals surface area contributed by atoms with Gasteiger partial charge in [0.25, 0.3) is 0 Å². The summed E-state index contributed by atoms with van der Waals surface area (Å²) in [6.45, 7) is 7.77. The van der Waals surface area contributed by atoms with Crippen molar-refractivity contribution in [3.63, 3.8) is 0 Å². The molecule has 1 aromatic heterocycles. The van der Waals surface area contributed by atoms with E-state index in [1.165, 1.54) is 11.1 Å². The molecule has 1 heterocycles. The number of hydrogen-bond acceptors (Lipinski definition) is 2. The summed E-state index contributed by atoms with van der Waals surface area (Å²) in [7, 11) is 0. The molecule has 24 heavy (non-hydrogen) atoms. The first-order valence-corrected chi connectivity index (χ1v) is 8.51. The quantitative estimate of drug-likeness (QED) is 0.902. The molecule has 1 saturated carbocycles. The molecule has 1 amide bonds. The molecule has 0 aliphatic heterocycles. The van der Waals surface area contributed by atoms with E-state index in [1.54, 1.807) is 13.8 Å². The first kappa shape index (κ1) is 18.8. The minimum atomic E-state index is -4.46. The number of amides is 1. The molecule has 1 aromatic rings. The van der Waals surface area contributed by atoms with Crippen LogP contribution in [0.5, 0.6) is 0 Å². The highest BCUT2D eigenvalue weighted by atomic mass is 19.4. The van der Waals surface area contributed by atoms with Gasteiger partial charge in [-0.3, -0.25) is 9.48 Å². The summed E-state index contributed by atoms with van der Waals surface area (Å²) in [6.07, 6.45) is -1.23. The molecule has 0 aromatic carbocycles. The largest absolute Gasteiger partial charge is 0.435 e. The van der Waals surface area contributed by atoms with Gasteiger partial charge in [-0.1, -0.05) is 33.6 Å². The van der Waals surface area contributed by atoms with Crippen molar-refractivity contribution >= 4 is 5.91 Å². The monoisotopic (exact) mass is 345 g/mol. The second-order valence-electron chi connectivity index (χ2n) is 7.13. The maximum atomic E-state index is 12.7. The third-order valence-electron chi connectivity index (χ3n) is 5.20. The lowest BCUT2D eigenvalue weighted by molar-refractivity contribution is -0.141. The smallest absolute Gasteiger partial charge is 0.353 e. The lowest BCUT2D eigenvalue weighted by atomic mass is 9.78. The molecule has 7 heteroatoms. The number of rotatable bonds is 4. The third kappa shape index (κ3) is 4.30. The van der Waals surface area contributed by atoms with Crippen LogP contribution in [0.2, 0.25) is 0 Å². The number of halogens is 3.